The van der Waals surface area contributed by atoms with Crippen molar-refractivity contribution in [2.75, 3.05) is 39.3 Å². The molecule has 0 radical (unpaired) electrons. The third-order valence-corrected chi connectivity index (χ3v) is 6.04. The van der Waals surface area contributed by atoms with Gasteiger partial charge in [-0.2, -0.15) is 0 Å². The molecular formula is C20H30N4O2S2. The zero-order valence-corrected chi connectivity index (χ0v) is 18.3. The van der Waals surface area contributed by atoms with E-state index in [1.165, 1.54) is 9.75 Å². The Labute approximate surface area is 175 Å². The molecule has 0 aliphatic carbocycles. The summed E-state index contributed by atoms with van der Waals surface area (Å²) < 4.78 is 0. The molecule has 0 atom stereocenters. The molecule has 2 amide bonds. The molecule has 0 saturated heterocycles. The Kier molecular flexibility index (Phi) is 10.2. The lowest BCUT2D eigenvalue weighted by molar-refractivity contribution is -0.124. The summed E-state index contributed by atoms with van der Waals surface area (Å²) in [6.07, 6.45) is 0. The topological polar surface area (TPSA) is 64.7 Å². The number of hydrogen-bond acceptors (Lipinski definition) is 6. The van der Waals surface area contributed by atoms with Crippen LogP contribution in [-0.4, -0.2) is 60.9 Å². The number of likely N-dealkylation sites (N-methyl/N-ethyl adjacent to an activating group) is 2. The van der Waals surface area contributed by atoms with Gasteiger partial charge in [-0.15, -0.1) is 22.7 Å². The van der Waals surface area contributed by atoms with E-state index in [0.29, 0.717) is 26.2 Å². The Morgan fingerprint density at radius 1 is 0.821 bits per heavy atom. The van der Waals surface area contributed by atoms with Crippen LogP contribution in [0.25, 0.3) is 0 Å². The molecule has 154 valence electrons. The normalized spacial score (nSPS) is 11.1. The van der Waals surface area contributed by atoms with Crippen molar-refractivity contribution in [3.63, 3.8) is 0 Å². The van der Waals surface area contributed by atoms with Gasteiger partial charge in [0.05, 0.1) is 13.1 Å². The molecular weight excluding hydrogens is 392 g/mol. The van der Waals surface area contributed by atoms with Crippen molar-refractivity contribution in [3.05, 3.63) is 44.8 Å². The van der Waals surface area contributed by atoms with E-state index in [-0.39, 0.29) is 11.8 Å². The van der Waals surface area contributed by atoms with E-state index < -0.39 is 0 Å². The van der Waals surface area contributed by atoms with E-state index in [2.05, 4.69) is 46.4 Å². The van der Waals surface area contributed by atoms with E-state index in [4.69, 9.17) is 0 Å². The van der Waals surface area contributed by atoms with Crippen molar-refractivity contribution in [1.82, 2.24) is 20.4 Å². The SMILES string of the molecule is CCN(CC(=O)NCCNC(=O)CN(CC)Cc1cccs1)Cc1cccs1. The van der Waals surface area contributed by atoms with Crippen molar-refractivity contribution in [3.8, 4) is 0 Å². The Morgan fingerprint density at radius 3 is 1.57 bits per heavy atom. The van der Waals surface area contributed by atoms with Crippen LogP contribution in [0.15, 0.2) is 35.0 Å². The number of hydrogen-bond donors (Lipinski definition) is 2. The lowest BCUT2D eigenvalue weighted by atomic mass is 10.3. The fraction of sp³-hybridized carbons (Fsp3) is 0.500. The molecule has 2 aromatic heterocycles. The third kappa shape index (κ3) is 8.52. The van der Waals surface area contributed by atoms with Gasteiger partial charge < -0.3 is 10.6 Å². The molecule has 0 unspecified atom stereocenters. The van der Waals surface area contributed by atoms with Gasteiger partial charge in [-0.25, -0.2) is 0 Å². The lowest BCUT2D eigenvalue weighted by Crippen LogP contribution is -2.42. The number of thiophene rings is 2. The van der Waals surface area contributed by atoms with Crippen molar-refractivity contribution in [2.45, 2.75) is 26.9 Å². The second-order valence-electron chi connectivity index (χ2n) is 6.47. The molecule has 0 aliphatic rings. The fourth-order valence-electron chi connectivity index (χ4n) is 2.73. The number of carbonyl (C=O) groups is 2. The van der Waals surface area contributed by atoms with Crippen LogP contribution >= 0.6 is 22.7 Å². The average molecular weight is 423 g/mol. The zero-order chi connectivity index (χ0) is 20.2. The quantitative estimate of drug-likeness (QED) is 0.487. The molecule has 6 nitrogen and oxygen atoms in total. The highest BCUT2D eigenvalue weighted by molar-refractivity contribution is 7.10. The van der Waals surface area contributed by atoms with Crippen LogP contribution in [0.1, 0.15) is 23.6 Å². The first-order chi connectivity index (χ1) is 13.6. The summed E-state index contributed by atoms with van der Waals surface area (Å²) in [6, 6.07) is 8.21. The molecule has 28 heavy (non-hydrogen) atoms. The first-order valence-electron chi connectivity index (χ1n) is 9.63. The molecule has 0 fully saturated rings. The molecule has 8 heteroatoms. The third-order valence-electron chi connectivity index (χ3n) is 4.32. The maximum Gasteiger partial charge on any atom is 0.234 e. The summed E-state index contributed by atoms with van der Waals surface area (Å²) in [4.78, 5) is 30.9. The molecule has 0 aliphatic heterocycles. The zero-order valence-electron chi connectivity index (χ0n) is 16.6. The van der Waals surface area contributed by atoms with Crippen molar-refractivity contribution < 1.29 is 9.59 Å². The summed E-state index contributed by atoms with van der Waals surface area (Å²) in [5, 5.41) is 9.86. The number of carbonyl (C=O) groups excluding carboxylic acids is 2. The van der Waals surface area contributed by atoms with E-state index in [0.717, 1.165) is 26.2 Å². The molecule has 2 aromatic rings. The van der Waals surface area contributed by atoms with E-state index in [1.54, 1.807) is 22.7 Å². The first-order valence-corrected chi connectivity index (χ1v) is 11.4. The average Bonchev–Trinajstić information content (AvgIpc) is 3.38. The van der Waals surface area contributed by atoms with E-state index in [1.807, 2.05) is 22.9 Å². The molecule has 0 saturated carbocycles. The predicted molar refractivity (Wildman–Crippen MR) is 117 cm³/mol. The van der Waals surface area contributed by atoms with Gasteiger partial charge in [0.25, 0.3) is 0 Å². The molecule has 0 spiro atoms. The minimum Gasteiger partial charge on any atom is -0.353 e. The van der Waals surface area contributed by atoms with Crippen molar-refractivity contribution in [2.24, 2.45) is 0 Å². The molecule has 0 bridgehead atoms. The van der Waals surface area contributed by atoms with Crippen molar-refractivity contribution in [1.29, 1.82) is 0 Å². The minimum absolute atomic E-state index is 0.0134. The first kappa shape index (κ1) is 22.5. The maximum atomic E-state index is 12.1. The summed E-state index contributed by atoms with van der Waals surface area (Å²) >= 11 is 3.40. The van der Waals surface area contributed by atoms with Gasteiger partial charge in [0.1, 0.15) is 0 Å². The van der Waals surface area contributed by atoms with Crippen LogP contribution < -0.4 is 10.6 Å². The molecule has 2 N–H and O–H groups in total. The highest BCUT2D eigenvalue weighted by atomic mass is 32.1. The van der Waals surface area contributed by atoms with Crippen LogP contribution in [0, 0.1) is 0 Å². The Bertz CT molecular complexity index is 629. The summed E-state index contributed by atoms with van der Waals surface area (Å²) in [5.74, 6) is -0.0268. The van der Waals surface area contributed by atoms with E-state index >= 15 is 0 Å². The van der Waals surface area contributed by atoms with Crippen LogP contribution in [0.3, 0.4) is 0 Å². The van der Waals surface area contributed by atoms with Crippen LogP contribution in [0.2, 0.25) is 0 Å². The van der Waals surface area contributed by atoms with Gasteiger partial charge in [0.2, 0.25) is 11.8 Å². The fourth-order valence-corrected chi connectivity index (χ4v) is 4.22. The maximum absolute atomic E-state index is 12.1. The Morgan fingerprint density at radius 2 is 1.25 bits per heavy atom. The molecule has 2 rings (SSSR count). The number of nitrogens with one attached hydrogen (secondary N) is 2. The highest BCUT2D eigenvalue weighted by Gasteiger charge is 2.11. The van der Waals surface area contributed by atoms with Gasteiger partial charge in [0.15, 0.2) is 0 Å². The summed E-state index contributed by atoms with van der Waals surface area (Å²) in [6.45, 7) is 8.94. The molecule has 2 heterocycles. The lowest BCUT2D eigenvalue weighted by Gasteiger charge is -2.20. The Balaban J connectivity index is 1.60. The van der Waals surface area contributed by atoms with Gasteiger partial charge in [-0.05, 0) is 36.0 Å². The summed E-state index contributed by atoms with van der Waals surface area (Å²) in [5.41, 5.74) is 0. The van der Waals surface area contributed by atoms with Crippen LogP contribution in [-0.2, 0) is 22.7 Å². The van der Waals surface area contributed by atoms with E-state index in [9.17, 15) is 9.59 Å². The predicted octanol–water partition coefficient (Wildman–Crippen LogP) is 2.39. The second-order valence-corrected chi connectivity index (χ2v) is 8.53. The smallest absolute Gasteiger partial charge is 0.234 e. The standard InChI is InChI=1S/C20H30N4O2S2/c1-3-23(13-17-7-5-11-27-17)15-19(25)21-9-10-22-20(26)16-24(4-2)14-18-8-6-12-28-18/h5-8,11-12H,3-4,9-10,13-16H2,1-2H3,(H,21,25)(H,22,26). The van der Waals surface area contributed by atoms with Gasteiger partial charge >= 0.3 is 0 Å². The number of nitrogens with zero attached hydrogens (tertiary/aromatic N) is 2. The van der Waals surface area contributed by atoms with Gasteiger partial charge in [-0.3, -0.25) is 19.4 Å². The minimum atomic E-state index is -0.0134. The summed E-state index contributed by atoms with van der Waals surface area (Å²) in [7, 11) is 0. The highest BCUT2D eigenvalue weighted by Crippen LogP contribution is 2.12. The van der Waals surface area contributed by atoms with Crippen LogP contribution in [0.5, 0.6) is 0 Å². The number of amides is 2. The number of rotatable bonds is 13. The van der Waals surface area contributed by atoms with Gasteiger partial charge in [-0.1, -0.05) is 26.0 Å². The Hall–Kier alpha value is -1.74. The largest absolute Gasteiger partial charge is 0.353 e. The van der Waals surface area contributed by atoms with Crippen LogP contribution in [0.4, 0.5) is 0 Å². The van der Waals surface area contributed by atoms with Gasteiger partial charge in [0, 0.05) is 35.9 Å². The van der Waals surface area contributed by atoms with Crippen molar-refractivity contribution >= 4 is 34.5 Å². The monoisotopic (exact) mass is 422 g/mol. The second kappa shape index (κ2) is 12.7. The molecule has 0 aromatic carbocycles.